The molecule has 0 bridgehead atoms. The van der Waals surface area contributed by atoms with Gasteiger partial charge in [-0.1, -0.05) is 19.1 Å². The molecule has 0 fully saturated rings. The Morgan fingerprint density at radius 1 is 1.15 bits per heavy atom. The first kappa shape index (κ1) is 16.0. The van der Waals surface area contributed by atoms with Crippen LogP contribution in [-0.4, -0.2) is 34.7 Å². The van der Waals surface area contributed by atoms with Gasteiger partial charge in [-0.3, -0.25) is 4.79 Å². The van der Waals surface area contributed by atoms with Crippen molar-refractivity contribution in [3.63, 3.8) is 0 Å². The van der Waals surface area contributed by atoms with Crippen molar-refractivity contribution in [2.24, 2.45) is 5.92 Å². The highest BCUT2D eigenvalue weighted by Crippen LogP contribution is 2.25. The van der Waals surface area contributed by atoms with E-state index in [-0.39, 0.29) is 6.54 Å². The molecule has 0 amide bonds. The molecular formula is C15H21NO4. The van der Waals surface area contributed by atoms with Gasteiger partial charge in [-0.15, -0.1) is 0 Å². The minimum atomic E-state index is -0.969. The molecule has 0 aliphatic heterocycles. The minimum Gasteiger partial charge on any atom is -0.481 e. The van der Waals surface area contributed by atoms with E-state index in [0.29, 0.717) is 0 Å². The molecule has 0 aromatic heterocycles. The van der Waals surface area contributed by atoms with E-state index in [1.165, 1.54) is 0 Å². The van der Waals surface area contributed by atoms with E-state index >= 15 is 0 Å². The summed E-state index contributed by atoms with van der Waals surface area (Å²) in [5, 5.41) is 18.3. The number of carbonyl (C=O) groups is 2. The molecule has 0 aliphatic rings. The minimum absolute atomic E-state index is 0.160. The molecule has 110 valence electrons. The lowest BCUT2D eigenvalue weighted by molar-refractivity contribution is -0.142. The van der Waals surface area contributed by atoms with Crippen LogP contribution in [0.1, 0.15) is 25.0 Å². The smallest absolute Gasteiger partial charge is 0.326 e. The van der Waals surface area contributed by atoms with E-state index in [1.807, 2.05) is 32.0 Å². The normalized spacial score (nSPS) is 13.6. The van der Waals surface area contributed by atoms with Crippen LogP contribution in [0.15, 0.2) is 18.2 Å². The Morgan fingerprint density at radius 3 is 2.25 bits per heavy atom. The molecule has 2 unspecified atom stereocenters. The zero-order valence-electron chi connectivity index (χ0n) is 12.3. The lowest BCUT2D eigenvalue weighted by Crippen LogP contribution is -2.43. The summed E-state index contributed by atoms with van der Waals surface area (Å²) >= 11 is 0. The highest BCUT2D eigenvalue weighted by Gasteiger charge is 2.26. The van der Waals surface area contributed by atoms with Crippen molar-refractivity contribution >= 4 is 17.6 Å². The Hall–Kier alpha value is -2.04. The van der Waals surface area contributed by atoms with Crippen LogP contribution in [0.2, 0.25) is 0 Å². The van der Waals surface area contributed by atoms with Crippen molar-refractivity contribution in [1.82, 2.24) is 0 Å². The quantitative estimate of drug-likeness (QED) is 0.835. The molecule has 2 atom stereocenters. The molecule has 2 N–H and O–H groups in total. The first-order valence-electron chi connectivity index (χ1n) is 6.54. The fourth-order valence-corrected chi connectivity index (χ4v) is 2.02. The summed E-state index contributed by atoms with van der Waals surface area (Å²) in [6.45, 7) is 7.17. The van der Waals surface area contributed by atoms with Crippen LogP contribution in [0.3, 0.4) is 0 Å². The van der Waals surface area contributed by atoms with Gasteiger partial charge in [-0.05, 0) is 38.0 Å². The SMILES string of the molecule is Cc1cccc(N(CC(C)C(=O)O)C(C)C(=O)O)c1C. The van der Waals surface area contributed by atoms with Gasteiger partial charge in [0.05, 0.1) is 5.92 Å². The van der Waals surface area contributed by atoms with Gasteiger partial charge in [0.15, 0.2) is 0 Å². The summed E-state index contributed by atoms with van der Waals surface area (Å²) in [6.07, 6.45) is 0. The number of benzene rings is 1. The largest absolute Gasteiger partial charge is 0.481 e. The standard InChI is InChI=1S/C15H21NO4/c1-9-6-5-7-13(11(9)3)16(12(4)15(19)20)8-10(2)14(17)18/h5-7,10,12H,8H2,1-4H3,(H,17,18)(H,19,20). The third-order valence-corrected chi connectivity index (χ3v) is 3.60. The van der Waals surface area contributed by atoms with Crippen molar-refractivity contribution in [3.05, 3.63) is 29.3 Å². The van der Waals surface area contributed by atoms with E-state index in [9.17, 15) is 14.7 Å². The van der Waals surface area contributed by atoms with Gasteiger partial charge >= 0.3 is 11.9 Å². The highest BCUT2D eigenvalue weighted by molar-refractivity contribution is 5.79. The number of carboxylic acids is 2. The van der Waals surface area contributed by atoms with Crippen LogP contribution in [0, 0.1) is 19.8 Å². The maximum absolute atomic E-state index is 11.3. The summed E-state index contributed by atoms with van der Waals surface area (Å²) < 4.78 is 0. The molecule has 0 spiro atoms. The lowest BCUT2D eigenvalue weighted by Gasteiger charge is -2.32. The molecule has 0 radical (unpaired) electrons. The average Bonchev–Trinajstić information content (AvgIpc) is 2.38. The Balaban J connectivity index is 3.19. The van der Waals surface area contributed by atoms with Gasteiger partial charge in [-0.25, -0.2) is 4.79 Å². The Labute approximate surface area is 118 Å². The molecule has 1 aromatic carbocycles. The van der Waals surface area contributed by atoms with Crippen LogP contribution >= 0.6 is 0 Å². The first-order valence-corrected chi connectivity index (χ1v) is 6.54. The van der Waals surface area contributed by atoms with Crippen LogP contribution in [0.5, 0.6) is 0 Å². The molecular weight excluding hydrogens is 258 g/mol. The number of hydrogen-bond acceptors (Lipinski definition) is 3. The number of anilines is 1. The van der Waals surface area contributed by atoms with Crippen LogP contribution in [0.4, 0.5) is 5.69 Å². The molecule has 5 heteroatoms. The first-order chi connectivity index (χ1) is 9.25. The summed E-state index contributed by atoms with van der Waals surface area (Å²) in [5.74, 6) is -2.54. The molecule has 0 aliphatic carbocycles. The van der Waals surface area contributed by atoms with E-state index in [0.717, 1.165) is 16.8 Å². The van der Waals surface area contributed by atoms with Gasteiger partial charge in [0.2, 0.25) is 0 Å². The summed E-state index contributed by atoms with van der Waals surface area (Å²) in [4.78, 5) is 24.0. The number of rotatable bonds is 6. The van der Waals surface area contributed by atoms with Gasteiger partial charge < -0.3 is 15.1 Å². The van der Waals surface area contributed by atoms with E-state index in [1.54, 1.807) is 18.7 Å². The average molecular weight is 279 g/mol. The number of carboxylic acid groups (broad SMARTS) is 2. The van der Waals surface area contributed by atoms with E-state index in [4.69, 9.17) is 5.11 Å². The zero-order chi connectivity index (χ0) is 15.4. The molecule has 1 aromatic rings. The molecule has 0 saturated carbocycles. The fraction of sp³-hybridized carbons (Fsp3) is 0.467. The van der Waals surface area contributed by atoms with Crippen molar-refractivity contribution in [2.45, 2.75) is 33.7 Å². The van der Waals surface area contributed by atoms with Crippen molar-refractivity contribution in [3.8, 4) is 0 Å². The predicted octanol–water partition coefficient (Wildman–Crippen LogP) is 2.30. The van der Waals surface area contributed by atoms with Crippen molar-refractivity contribution in [1.29, 1.82) is 0 Å². The van der Waals surface area contributed by atoms with Gasteiger partial charge in [-0.2, -0.15) is 0 Å². The summed E-state index contributed by atoms with van der Waals surface area (Å²) in [6, 6.07) is 4.85. The van der Waals surface area contributed by atoms with Crippen LogP contribution in [0.25, 0.3) is 0 Å². The maximum atomic E-state index is 11.3. The molecule has 0 saturated heterocycles. The zero-order valence-corrected chi connectivity index (χ0v) is 12.3. The van der Waals surface area contributed by atoms with E-state index < -0.39 is 23.9 Å². The second-order valence-corrected chi connectivity index (χ2v) is 5.12. The second kappa shape index (κ2) is 6.41. The van der Waals surface area contributed by atoms with Crippen LogP contribution < -0.4 is 4.90 Å². The number of hydrogen-bond donors (Lipinski definition) is 2. The molecule has 5 nitrogen and oxygen atoms in total. The Bertz CT molecular complexity index is 513. The molecule has 1 rings (SSSR count). The fourth-order valence-electron chi connectivity index (χ4n) is 2.02. The van der Waals surface area contributed by atoms with Gasteiger partial charge in [0, 0.05) is 12.2 Å². The number of aliphatic carboxylic acids is 2. The molecule has 0 heterocycles. The number of nitrogens with zero attached hydrogens (tertiary/aromatic N) is 1. The maximum Gasteiger partial charge on any atom is 0.326 e. The Kier molecular flexibility index (Phi) is 5.13. The molecule has 20 heavy (non-hydrogen) atoms. The lowest BCUT2D eigenvalue weighted by atomic mass is 10.0. The predicted molar refractivity (Wildman–Crippen MR) is 77.2 cm³/mol. The van der Waals surface area contributed by atoms with Gasteiger partial charge in [0.25, 0.3) is 0 Å². The van der Waals surface area contributed by atoms with Crippen molar-refractivity contribution in [2.75, 3.05) is 11.4 Å². The third-order valence-electron chi connectivity index (χ3n) is 3.60. The van der Waals surface area contributed by atoms with E-state index in [2.05, 4.69) is 0 Å². The van der Waals surface area contributed by atoms with Crippen LogP contribution in [-0.2, 0) is 9.59 Å². The highest BCUT2D eigenvalue weighted by atomic mass is 16.4. The second-order valence-electron chi connectivity index (χ2n) is 5.12. The monoisotopic (exact) mass is 279 g/mol. The topological polar surface area (TPSA) is 77.8 Å². The third kappa shape index (κ3) is 3.50. The Morgan fingerprint density at radius 2 is 1.75 bits per heavy atom. The summed E-state index contributed by atoms with van der Waals surface area (Å²) in [5.41, 5.74) is 2.79. The van der Waals surface area contributed by atoms with Crippen molar-refractivity contribution < 1.29 is 19.8 Å². The van der Waals surface area contributed by atoms with Gasteiger partial charge in [0.1, 0.15) is 6.04 Å². The summed E-state index contributed by atoms with van der Waals surface area (Å²) in [7, 11) is 0. The number of aryl methyl sites for hydroxylation is 1.